The first-order chi connectivity index (χ1) is 6.70. The fraction of sp³-hybridized carbons (Fsp3) is 0.182. The number of benzene rings is 1. The molecule has 1 rings (SSSR count). The van der Waals surface area contributed by atoms with Crippen LogP contribution in [-0.2, 0) is 11.2 Å². The Labute approximate surface area is 91.4 Å². The van der Waals surface area contributed by atoms with E-state index in [4.69, 9.17) is 5.11 Å². The molecular formula is C11H11BrO2. The van der Waals surface area contributed by atoms with E-state index in [-0.39, 0.29) is 6.42 Å². The van der Waals surface area contributed by atoms with Crippen molar-refractivity contribution in [3.05, 3.63) is 46.5 Å². The van der Waals surface area contributed by atoms with Crippen molar-refractivity contribution in [2.45, 2.75) is 12.8 Å². The Balaban J connectivity index is 2.49. The zero-order valence-electron chi connectivity index (χ0n) is 7.61. The van der Waals surface area contributed by atoms with Gasteiger partial charge in [0, 0.05) is 4.47 Å². The lowest BCUT2D eigenvalue weighted by Gasteiger charge is -1.98. The Morgan fingerprint density at radius 3 is 2.71 bits per heavy atom. The van der Waals surface area contributed by atoms with Crippen LogP contribution in [0.1, 0.15) is 12.0 Å². The van der Waals surface area contributed by atoms with Gasteiger partial charge in [0.1, 0.15) is 0 Å². The first-order valence-electron chi connectivity index (χ1n) is 4.30. The summed E-state index contributed by atoms with van der Waals surface area (Å²) in [4.78, 5) is 10.2. The SMILES string of the molecule is O=C(O)C/C=C\Cc1ccccc1Br. The predicted octanol–water partition coefficient (Wildman–Crippen LogP) is 3.02. The maximum Gasteiger partial charge on any atom is 0.307 e. The summed E-state index contributed by atoms with van der Waals surface area (Å²) in [5, 5.41) is 8.40. The largest absolute Gasteiger partial charge is 0.481 e. The van der Waals surface area contributed by atoms with Gasteiger partial charge < -0.3 is 5.11 Å². The second-order valence-corrected chi connectivity index (χ2v) is 3.72. The van der Waals surface area contributed by atoms with Crippen LogP contribution in [-0.4, -0.2) is 11.1 Å². The Morgan fingerprint density at radius 1 is 1.36 bits per heavy atom. The molecule has 0 atom stereocenters. The van der Waals surface area contributed by atoms with Gasteiger partial charge in [0.2, 0.25) is 0 Å². The summed E-state index contributed by atoms with van der Waals surface area (Å²) in [6.45, 7) is 0. The third-order valence-corrected chi connectivity index (χ3v) is 2.53. The Bertz CT molecular complexity index is 345. The van der Waals surface area contributed by atoms with Crippen molar-refractivity contribution in [2.75, 3.05) is 0 Å². The zero-order chi connectivity index (χ0) is 10.4. The molecule has 0 aromatic heterocycles. The summed E-state index contributed by atoms with van der Waals surface area (Å²) in [6.07, 6.45) is 4.38. The monoisotopic (exact) mass is 254 g/mol. The number of carbonyl (C=O) groups is 1. The second-order valence-electron chi connectivity index (χ2n) is 2.86. The third kappa shape index (κ3) is 3.75. The predicted molar refractivity (Wildman–Crippen MR) is 59.2 cm³/mol. The number of carboxylic acids is 1. The van der Waals surface area contributed by atoms with Gasteiger partial charge in [0.25, 0.3) is 0 Å². The van der Waals surface area contributed by atoms with Gasteiger partial charge in [-0.1, -0.05) is 46.3 Å². The first-order valence-corrected chi connectivity index (χ1v) is 5.09. The minimum Gasteiger partial charge on any atom is -0.481 e. The summed E-state index contributed by atoms with van der Waals surface area (Å²) >= 11 is 3.43. The normalized spacial score (nSPS) is 10.6. The standard InChI is InChI=1S/C11H11BrO2/c12-10-7-3-1-5-9(10)6-2-4-8-11(13)14/h1-5,7H,6,8H2,(H,13,14)/b4-2-. The lowest BCUT2D eigenvalue weighted by atomic mass is 10.1. The van der Waals surface area contributed by atoms with E-state index in [1.54, 1.807) is 6.08 Å². The van der Waals surface area contributed by atoms with Crippen molar-refractivity contribution in [3.8, 4) is 0 Å². The van der Waals surface area contributed by atoms with Crippen LogP contribution in [0.4, 0.5) is 0 Å². The molecule has 14 heavy (non-hydrogen) atoms. The highest BCUT2D eigenvalue weighted by Crippen LogP contribution is 2.16. The summed E-state index contributed by atoms with van der Waals surface area (Å²) in [6, 6.07) is 7.90. The molecule has 0 amide bonds. The van der Waals surface area contributed by atoms with Crippen LogP contribution >= 0.6 is 15.9 Å². The van der Waals surface area contributed by atoms with Gasteiger partial charge in [-0.15, -0.1) is 0 Å². The molecule has 0 aliphatic carbocycles. The number of allylic oxidation sites excluding steroid dienone is 1. The van der Waals surface area contributed by atoms with Gasteiger partial charge in [0.15, 0.2) is 0 Å². The molecule has 0 aliphatic heterocycles. The van der Waals surface area contributed by atoms with Crippen molar-refractivity contribution in [2.24, 2.45) is 0 Å². The first kappa shape index (κ1) is 11.0. The van der Waals surface area contributed by atoms with Crippen LogP contribution in [0.3, 0.4) is 0 Å². The Hall–Kier alpha value is -1.09. The summed E-state index contributed by atoms with van der Waals surface area (Å²) in [5.41, 5.74) is 1.16. The van der Waals surface area contributed by atoms with Crippen LogP contribution in [0, 0.1) is 0 Å². The molecule has 0 bridgehead atoms. The fourth-order valence-electron chi connectivity index (χ4n) is 1.06. The summed E-state index contributed by atoms with van der Waals surface area (Å²) in [7, 11) is 0. The van der Waals surface area contributed by atoms with E-state index >= 15 is 0 Å². The van der Waals surface area contributed by atoms with E-state index in [1.807, 2.05) is 30.3 Å². The second kappa shape index (κ2) is 5.60. The quantitative estimate of drug-likeness (QED) is 0.839. The highest BCUT2D eigenvalue weighted by Gasteiger charge is 1.95. The average molecular weight is 255 g/mol. The number of hydrogen-bond acceptors (Lipinski definition) is 1. The molecular weight excluding hydrogens is 244 g/mol. The smallest absolute Gasteiger partial charge is 0.307 e. The van der Waals surface area contributed by atoms with Crippen molar-refractivity contribution in [1.29, 1.82) is 0 Å². The molecule has 0 saturated carbocycles. The van der Waals surface area contributed by atoms with Gasteiger partial charge in [-0.3, -0.25) is 4.79 Å². The minimum atomic E-state index is -0.798. The minimum absolute atomic E-state index is 0.0878. The highest BCUT2D eigenvalue weighted by atomic mass is 79.9. The van der Waals surface area contributed by atoms with Crippen molar-refractivity contribution < 1.29 is 9.90 Å². The van der Waals surface area contributed by atoms with Gasteiger partial charge in [-0.25, -0.2) is 0 Å². The number of aliphatic carboxylic acids is 1. The Kier molecular flexibility index (Phi) is 4.40. The van der Waals surface area contributed by atoms with Gasteiger partial charge in [0.05, 0.1) is 6.42 Å². The van der Waals surface area contributed by atoms with E-state index in [0.29, 0.717) is 0 Å². The fourth-order valence-corrected chi connectivity index (χ4v) is 1.51. The summed E-state index contributed by atoms with van der Waals surface area (Å²) < 4.78 is 1.06. The van der Waals surface area contributed by atoms with E-state index in [0.717, 1.165) is 16.5 Å². The highest BCUT2D eigenvalue weighted by molar-refractivity contribution is 9.10. The van der Waals surface area contributed by atoms with E-state index in [1.165, 1.54) is 0 Å². The molecule has 2 nitrogen and oxygen atoms in total. The maximum atomic E-state index is 10.2. The Morgan fingerprint density at radius 2 is 2.07 bits per heavy atom. The topological polar surface area (TPSA) is 37.3 Å². The molecule has 0 radical (unpaired) electrons. The van der Waals surface area contributed by atoms with Crippen LogP contribution < -0.4 is 0 Å². The molecule has 0 heterocycles. The van der Waals surface area contributed by atoms with Crippen molar-refractivity contribution >= 4 is 21.9 Å². The third-order valence-electron chi connectivity index (χ3n) is 1.75. The maximum absolute atomic E-state index is 10.2. The van der Waals surface area contributed by atoms with E-state index in [2.05, 4.69) is 15.9 Å². The van der Waals surface area contributed by atoms with Gasteiger partial charge in [-0.05, 0) is 18.1 Å². The average Bonchev–Trinajstić information content (AvgIpc) is 2.15. The van der Waals surface area contributed by atoms with Crippen LogP contribution in [0.25, 0.3) is 0 Å². The molecule has 1 aromatic carbocycles. The molecule has 1 N–H and O–H groups in total. The molecule has 1 aromatic rings. The molecule has 74 valence electrons. The van der Waals surface area contributed by atoms with Gasteiger partial charge >= 0.3 is 5.97 Å². The van der Waals surface area contributed by atoms with Crippen LogP contribution in [0.2, 0.25) is 0 Å². The zero-order valence-corrected chi connectivity index (χ0v) is 9.20. The number of carboxylic acid groups (broad SMARTS) is 1. The number of hydrogen-bond donors (Lipinski definition) is 1. The molecule has 0 fully saturated rings. The van der Waals surface area contributed by atoms with Gasteiger partial charge in [-0.2, -0.15) is 0 Å². The molecule has 0 unspecified atom stereocenters. The van der Waals surface area contributed by atoms with E-state index in [9.17, 15) is 4.79 Å². The van der Waals surface area contributed by atoms with Crippen LogP contribution in [0.15, 0.2) is 40.9 Å². The number of halogens is 1. The van der Waals surface area contributed by atoms with E-state index < -0.39 is 5.97 Å². The molecule has 3 heteroatoms. The molecule has 0 saturated heterocycles. The summed E-state index contributed by atoms with van der Waals surface area (Å²) in [5.74, 6) is -0.798. The van der Waals surface area contributed by atoms with Crippen molar-refractivity contribution in [3.63, 3.8) is 0 Å². The van der Waals surface area contributed by atoms with Crippen LogP contribution in [0.5, 0.6) is 0 Å². The van der Waals surface area contributed by atoms with Crippen molar-refractivity contribution in [1.82, 2.24) is 0 Å². The molecule has 0 spiro atoms. The lowest BCUT2D eigenvalue weighted by molar-refractivity contribution is -0.136. The lowest BCUT2D eigenvalue weighted by Crippen LogP contribution is -1.90. The molecule has 0 aliphatic rings. The number of rotatable bonds is 4.